The van der Waals surface area contributed by atoms with Crippen LogP contribution in [-0.2, 0) is 0 Å². The van der Waals surface area contributed by atoms with E-state index in [4.69, 9.17) is 5.73 Å². The van der Waals surface area contributed by atoms with E-state index in [2.05, 4.69) is 27.4 Å². The third kappa shape index (κ3) is 2.94. The average Bonchev–Trinajstić information content (AvgIpc) is 2.28. The molecule has 1 heterocycles. The van der Waals surface area contributed by atoms with E-state index >= 15 is 0 Å². The standard InChI is InChI=1S/C11H16N4/c12-10-7-13-8-11(15-10)14-6-9-4-2-1-3-5-9/h1-2,7-9H,3-6H2,(H3,12,14,15). The summed E-state index contributed by atoms with van der Waals surface area (Å²) in [5, 5.41) is 3.27. The van der Waals surface area contributed by atoms with Crippen molar-refractivity contribution in [3.05, 3.63) is 24.5 Å². The van der Waals surface area contributed by atoms with Gasteiger partial charge in [0.1, 0.15) is 11.6 Å². The lowest BCUT2D eigenvalue weighted by molar-refractivity contribution is 0.503. The van der Waals surface area contributed by atoms with Crippen molar-refractivity contribution >= 4 is 11.6 Å². The van der Waals surface area contributed by atoms with E-state index in [-0.39, 0.29) is 0 Å². The molecule has 4 heteroatoms. The zero-order chi connectivity index (χ0) is 10.5. The van der Waals surface area contributed by atoms with Crippen LogP contribution in [0.5, 0.6) is 0 Å². The number of rotatable bonds is 3. The summed E-state index contributed by atoms with van der Waals surface area (Å²) >= 11 is 0. The second-order valence-corrected chi connectivity index (χ2v) is 3.86. The van der Waals surface area contributed by atoms with Gasteiger partial charge in [0.15, 0.2) is 0 Å². The van der Waals surface area contributed by atoms with Gasteiger partial charge >= 0.3 is 0 Å². The highest BCUT2D eigenvalue weighted by atomic mass is 15.0. The van der Waals surface area contributed by atoms with Crippen LogP contribution >= 0.6 is 0 Å². The van der Waals surface area contributed by atoms with Gasteiger partial charge in [-0.15, -0.1) is 0 Å². The van der Waals surface area contributed by atoms with E-state index in [9.17, 15) is 0 Å². The van der Waals surface area contributed by atoms with Crippen LogP contribution in [0.15, 0.2) is 24.5 Å². The normalized spacial score (nSPS) is 20.1. The molecule has 1 atom stereocenters. The Hall–Kier alpha value is -1.58. The Kier molecular flexibility index (Phi) is 3.17. The number of aromatic nitrogens is 2. The fourth-order valence-corrected chi connectivity index (χ4v) is 1.76. The van der Waals surface area contributed by atoms with Crippen molar-refractivity contribution in [2.75, 3.05) is 17.6 Å². The molecule has 4 nitrogen and oxygen atoms in total. The van der Waals surface area contributed by atoms with Crippen molar-refractivity contribution in [1.82, 2.24) is 9.97 Å². The quantitative estimate of drug-likeness (QED) is 0.737. The van der Waals surface area contributed by atoms with Gasteiger partial charge in [0.25, 0.3) is 0 Å². The summed E-state index contributed by atoms with van der Waals surface area (Å²) in [6, 6.07) is 0. The summed E-state index contributed by atoms with van der Waals surface area (Å²) in [5.41, 5.74) is 5.54. The summed E-state index contributed by atoms with van der Waals surface area (Å²) in [6.07, 6.45) is 11.3. The Morgan fingerprint density at radius 3 is 3.07 bits per heavy atom. The lowest BCUT2D eigenvalue weighted by atomic mass is 9.94. The largest absolute Gasteiger partial charge is 0.382 e. The van der Waals surface area contributed by atoms with Crippen molar-refractivity contribution < 1.29 is 0 Å². The van der Waals surface area contributed by atoms with Crippen molar-refractivity contribution in [2.24, 2.45) is 5.92 Å². The first-order chi connectivity index (χ1) is 7.34. The van der Waals surface area contributed by atoms with Crippen LogP contribution in [0.25, 0.3) is 0 Å². The average molecular weight is 204 g/mol. The molecule has 3 N–H and O–H groups in total. The van der Waals surface area contributed by atoms with Crippen molar-refractivity contribution in [3.8, 4) is 0 Å². The number of nitrogens with one attached hydrogen (secondary N) is 1. The number of allylic oxidation sites excluding steroid dienone is 2. The summed E-state index contributed by atoms with van der Waals surface area (Å²) in [5.74, 6) is 1.94. The number of nitrogens with two attached hydrogens (primary N) is 1. The Morgan fingerprint density at radius 1 is 1.40 bits per heavy atom. The number of anilines is 2. The maximum Gasteiger partial charge on any atom is 0.146 e. The third-order valence-corrected chi connectivity index (χ3v) is 2.60. The van der Waals surface area contributed by atoms with Crippen LogP contribution in [0.2, 0.25) is 0 Å². The SMILES string of the molecule is Nc1cncc(NCC2CC=CCC2)n1. The van der Waals surface area contributed by atoms with Gasteiger partial charge in [0.05, 0.1) is 12.4 Å². The second-order valence-electron chi connectivity index (χ2n) is 3.86. The van der Waals surface area contributed by atoms with E-state index in [0.717, 1.165) is 18.8 Å². The minimum Gasteiger partial charge on any atom is -0.382 e. The Bertz CT molecular complexity index is 348. The molecule has 2 rings (SSSR count). The van der Waals surface area contributed by atoms with Crippen molar-refractivity contribution in [1.29, 1.82) is 0 Å². The molecule has 1 aliphatic carbocycles. The van der Waals surface area contributed by atoms with E-state index in [1.807, 2.05) is 0 Å². The number of nitrogens with zero attached hydrogens (tertiary/aromatic N) is 2. The molecular formula is C11H16N4. The van der Waals surface area contributed by atoms with Gasteiger partial charge in [-0.2, -0.15) is 0 Å². The van der Waals surface area contributed by atoms with Gasteiger partial charge in [-0.05, 0) is 25.2 Å². The van der Waals surface area contributed by atoms with Gasteiger partial charge in [-0.3, -0.25) is 4.98 Å². The second kappa shape index (κ2) is 4.77. The first-order valence-corrected chi connectivity index (χ1v) is 5.31. The monoisotopic (exact) mass is 204 g/mol. The molecule has 0 saturated heterocycles. The van der Waals surface area contributed by atoms with E-state index < -0.39 is 0 Å². The Morgan fingerprint density at radius 2 is 2.33 bits per heavy atom. The van der Waals surface area contributed by atoms with Gasteiger partial charge < -0.3 is 11.1 Å². The molecule has 1 unspecified atom stereocenters. The minimum absolute atomic E-state index is 0.462. The van der Waals surface area contributed by atoms with Crippen molar-refractivity contribution in [2.45, 2.75) is 19.3 Å². The first-order valence-electron chi connectivity index (χ1n) is 5.31. The zero-order valence-electron chi connectivity index (χ0n) is 8.69. The molecule has 1 aromatic rings. The predicted octanol–water partition coefficient (Wildman–Crippen LogP) is 1.83. The van der Waals surface area contributed by atoms with Gasteiger partial charge in [-0.25, -0.2) is 4.98 Å². The molecule has 0 saturated carbocycles. The van der Waals surface area contributed by atoms with Crippen LogP contribution in [0.1, 0.15) is 19.3 Å². The van der Waals surface area contributed by atoms with Gasteiger partial charge in [0.2, 0.25) is 0 Å². The Labute approximate surface area is 89.6 Å². The third-order valence-electron chi connectivity index (χ3n) is 2.60. The molecule has 15 heavy (non-hydrogen) atoms. The molecule has 0 amide bonds. The lowest BCUT2D eigenvalue weighted by Crippen LogP contribution is -2.16. The molecule has 1 aliphatic rings. The molecule has 1 aromatic heterocycles. The fourth-order valence-electron chi connectivity index (χ4n) is 1.76. The van der Waals surface area contributed by atoms with Crippen LogP contribution in [0, 0.1) is 5.92 Å². The van der Waals surface area contributed by atoms with Crippen LogP contribution < -0.4 is 11.1 Å². The molecule has 0 aromatic carbocycles. The number of hydrogen-bond donors (Lipinski definition) is 2. The number of hydrogen-bond acceptors (Lipinski definition) is 4. The Balaban J connectivity index is 1.84. The van der Waals surface area contributed by atoms with Crippen LogP contribution in [-0.4, -0.2) is 16.5 Å². The lowest BCUT2D eigenvalue weighted by Gasteiger charge is -2.18. The highest BCUT2D eigenvalue weighted by molar-refractivity contribution is 5.38. The zero-order valence-corrected chi connectivity index (χ0v) is 8.69. The minimum atomic E-state index is 0.462. The molecule has 0 fully saturated rings. The highest BCUT2D eigenvalue weighted by Crippen LogP contribution is 2.18. The smallest absolute Gasteiger partial charge is 0.146 e. The summed E-state index contributed by atoms with van der Waals surface area (Å²) in [6.45, 7) is 0.947. The first kappa shape index (κ1) is 9.96. The predicted molar refractivity (Wildman–Crippen MR) is 61.4 cm³/mol. The summed E-state index contributed by atoms with van der Waals surface area (Å²) in [4.78, 5) is 8.13. The van der Waals surface area contributed by atoms with Gasteiger partial charge in [-0.1, -0.05) is 12.2 Å². The summed E-state index contributed by atoms with van der Waals surface area (Å²) < 4.78 is 0. The topological polar surface area (TPSA) is 63.8 Å². The summed E-state index contributed by atoms with van der Waals surface area (Å²) in [7, 11) is 0. The fraction of sp³-hybridized carbons (Fsp3) is 0.455. The van der Waals surface area contributed by atoms with Crippen LogP contribution in [0.4, 0.5) is 11.6 Å². The highest BCUT2D eigenvalue weighted by Gasteiger charge is 2.09. The number of nitrogen functional groups attached to an aromatic ring is 1. The molecule has 0 radical (unpaired) electrons. The molecule has 80 valence electrons. The molecule has 0 spiro atoms. The van der Waals surface area contributed by atoms with Gasteiger partial charge in [0, 0.05) is 6.54 Å². The maximum absolute atomic E-state index is 5.54. The van der Waals surface area contributed by atoms with E-state index in [1.165, 1.54) is 12.8 Å². The molecule has 0 bridgehead atoms. The van der Waals surface area contributed by atoms with Crippen LogP contribution in [0.3, 0.4) is 0 Å². The molecule has 0 aliphatic heterocycles. The van der Waals surface area contributed by atoms with E-state index in [1.54, 1.807) is 12.4 Å². The van der Waals surface area contributed by atoms with Crippen molar-refractivity contribution in [3.63, 3.8) is 0 Å². The molecular weight excluding hydrogens is 188 g/mol. The maximum atomic E-state index is 5.54. The van der Waals surface area contributed by atoms with E-state index in [0.29, 0.717) is 11.7 Å².